The summed E-state index contributed by atoms with van der Waals surface area (Å²) in [5, 5.41) is 2.67. The van der Waals surface area contributed by atoms with Crippen molar-refractivity contribution in [3.05, 3.63) is 52.3 Å². The minimum atomic E-state index is -0.495. The highest BCUT2D eigenvalue weighted by molar-refractivity contribution is 9.10. The third-order valence-corrected chi connectivity index (χ3v) is 3.43. The van der Waals surface area contributed by atoms with Crippen molar-refractivity contribution < 1.29 is 18.7 Å². The highest BCUT2D eigenvalue weighted by atomic mass is 79.9. The van der Waals surface area contributed by atoms with Gasteiger partial charge in [-0.15, -0.1) is 0 Å². The molecule has 0 spiro atoms. The monoisotopic (exact) mass is 353 g/mol. The lowest BCUT2D eigenvalue weighted by atomic mass is 10.2. The maximum Gasteiger partial charge on any atom is 0.255 e. The van der Waals surface area contributed by atoms with E-state index in [1.54, 1.807) is 18.2 Å². The summed E-state index contributed by atoms with van der Waals surface area (Å²) < 4.78 is 24.0. The van der Waals surface area contributed by atoms with E-state index in [1.807, 2.05) is 0 Å². The lowest BCUT2D eigenvalue weighted by Crippen LogP contribution is -2.12. The number of methoxy groups -OCH3 is 2. The fraction of sp³-hybridized carbons (Fsp3) is 0.133. The Balaban J connectivity index is 2.24. The quantitative estimate of drug-likeness (QED) is 0.907. The zero-order valence-electron chi connectivity index (χ0n) is 11.4. The van der Waals surface area contributed by atoms with Gasteiger partial charge in [-0.1, -0.05) is 0 Å². The minimum Gasteiger partial charge on any atom is -0.497 e. The maximum atomic E-state index is 13.4. The maximum absolute atomic E-state index is 13.4. The number of amides is 1. The van der Waals surface area contributed by atoms with Crippen LogP contribution in [-0.4, -0.2) is 20.1 Å². The van der Waals surface area contributed by atoms with Gasteiger partial charge in [-0.2, -0.15) is 0 Å². The highest BCUT2D eigenvalue weighted by Crippen LogP contribution is 2.26. The van der Waals surface area contributed by atoms with Crippen molar-refractivity contribution in [1.82, 2.24) is 0 Å². The molecule has 0 saturated carbocycles. The van der Waals surface area contributed by atoms with Crippen molar-refractivity contribution in [2.24, 2.45) is 0 Å². The van der Waals surface area contributed by atoms with Crippen molar-refractivity contribution in [2.45, 2.75) is 0 Å². The Kier molecular flexibility index (Phi) is 4.80. The van der Waals surface area contributed by atoms with Crippen LogP contribution in [0.15, 0.2) is 40.9 Å². The summed E-state index contributed by atoms with van der Waals surface area (Å²) in [5.41, 5.74) is 0.719. The second-order valence-electron chi connectivity index (χ2n) is 4.18. The molecule has 1 amide bonds. The lowest BCUT2D eigenvalue weighted by Gasteiger charge is -2.10. The van der Waals surface area contributed by atoms with Crippen LogP contribution in [0, 0.1) is 5.82 Å². The SMILES string of the molecule is COc1cc(NC(=O)c2ccc(Br)c(F)c2)cc(OC)c1. The molecule has 21 heavy (non-hydrogen) atoms. The Bertz CT molecular complexity index is 654. The topological polar surface area (TPSA) is 47.6 Å². The molecule has 0 unspecified atom stereocenters. The van der Waals surface area contributed by atoms with Crippen LogP contribution in [0.25, 0.3) is 0 Å². The molecule has 2 rings (SSSR count). The molecule has 0 aliphatic heterocycles. The summed E-state index contributed by atoms with van der Waals surface area (Å²) in [5.74, 6) is 0.181. The molecule has 6 heteroatoms. The molecule has 0 saturated heterocycles. The molecule has 0 atom stereocenters. The van der Waals surface area contributed by atoms with Gasteiger partial charge in [0.2, 0.25) is 0 Å². The second-order valence-corrected chi connectivity index (χ2v) is 5.04. The summed E-state index contributed by atoms with van der Waals surface area (Å²) in [6, 6.07) is 9.16. The normalized spacial score (nSPS) is 10.1. The van der Waals surface area contributed by atoms with E-state index in [2.05, 4.69) is 21.2 Å². The van der Waals surface area contributed by atoms with Gasteiger partial charge >= 0.3 is 0 Å². The molecule has 0 bridgehead atoms. The van der Waals surface area contributed by atoms with Gasteiger partial charge in [-0.25, -0.2) is 4.39 Å². The number of hydrogen-bond donors (Lipinski definition) is 1. The zero-order valence-corrected chi connectivity index (χ0v) is 13.0. The third-order valence-electron chi connectivity index (χ3n) is 2.79. The fourth-order valence-corrected chi connectivity index (χ4v) is 1.97. The Morgan fingerprint density at radius 3 is 2.24 bits per heavy atom. The van der Waals surface area contributed by atoms with Crippen molar-refractivity contribution in [3.63, 3.8) is 0 Å². The second kappa shape index (κ2) is 6.58. The molecular formula is C15H13BrFNO3. The molecule has 1 N–H and O–H groups in total. The molecule has 2 aromatic rings. The van der Waals surface area contributed by atoms with E-state index in [9.17, 15) is 9.18 Å². The Morgan fingerprint density at radius 1 is 1.10 bits per heavy atom. The smallest absolute Gasteiger partial charge is 0.255 e. The van der Waals surface area contributed by atoms with Crippen molar-refractivity contribution in [3.8, 4) is 11.5 Å². The van der Waals surface area contributed by atoms with E-state index in [0.29, 0.717) is 21.7 Å². The van der Waals surface area contributed by atoms with Gasteiger partial charge < -0.3 is 14.8 Å². The zero-order chi connectivity index (χ0) is 15.4. The van der Waals surface area contributed by atoms with Crippen LogP contribution < -0.4 is 14.8 Å². The van der Waals surface area contributed by atoms with Crippen LogP contribution in [0.5, 0.6) is 11.5 Å². The van der Waals surface area contributed by atoms with Crippen molar-refractivity contribution >= 4 is 27.5 Å². The van der Waals surface area contributed by atoms with Gasteiger partial charge in [0.1, 0.15) is 17.3 Å². The molecule has 110 valence electrons. The first-order chi connectivity index (χ1) is 10.0. The van der Waals surface area contributed by atoms with E-state index in [0.717, 1.165) is 6.07 Å². The lowest BCUT2D eigenvalue weighted by molar-refractivity contribution is 0.102. The van der Waals surface area contributed by atoms with Crippen LogP contribution in [0.4, 0.5) is 10.1 Å². The number of benzene rings is 2. The first-order valence-corrected chi connectivity index (χ1v) is 6.82. The summed E-state index contributed by atoms with van der Waals surface area (Å²) in [6.45, 7) is 0. The van der Waals surface area contributed by atoms with E-state index < -0.39 is 11.7 Å². The van der Waals surface area contributed by atoms with Crippen molar-refractivity contribution in [2.75, 3.05) is 19.5 Å². The minimum absolute atomic E-state index is 0.220. The van der Waals surface area contributed by atoms with Crippen LogP contribution in [0.3, 0.4) is 0 Å². The first kappa shape index (κ1) is 15.3. The molecule has 0 aliphatic carbocycles. The summed E-state index contributed by atoms with van der Waals surface area (Å²) in [6.07, 6.45) is 0. The van der Waals surface area contributed by atoms with Crippen LogP contribution in [0.1, 0.15) is 10.4 Å². The van der Waals surface area contributed by atoms with E-state index in [1.165, 1.54) is 26.4 Å². The molecule has 0 heterocycles. The standard InChI is InChI=1S/C15H13BrFNO3/c1-20-11-6-10(7-12(8-11)21-2)18-15(19)9-3-4-13(16)14(17)5-9/h3-8H,1-2H3,(H,18,19). The van der Waals surface area contributed by atoms with Gasteiger partial charge in [-0.3, -0.25) is 4.79 Å². The molecule has 2 aromatic carbocycles. The summed E-state index contributed by atoms with van der Waals surface area (Å²) in [4.78, 5) is 12.1. The van der Waals surface area contributed by atoms with Crippen LogP contribution in [-0.2, 0) is 0 Å². The third kappa shape index (κ3) is 3.72. The molecule has 4 nitrogen and oxygen atoms in total. The Hall–Kier alpha value is -2.08. The predicted octanol–water partition coefficient (Wildman–Crippen LogP) is 3.86. The van der Waals surface area contributed by atoms with Crippen molar-refractivity contribution in [1.29, 1.82) is 0 Å². The van der Waals surface area contributed by atoms with Crippen LogP contribution >= 0.6 is 15.9 Å². The average molecular weight is 354 g/mol. The Labute approximate surface area is 130 Å². The van der Waals surface area contributed by atoms with E-state index in [-0.39, 0.29) is 5.56 Å². The van der Waals surface area contributed by atoms with Gasteiger partial charge in [0.05, 0.1) is 18.7 Å². The largest absolute Gasteiger partial charge is 0.497 e. The fourth-order valence-electron chi connectivity index (χ4n) is 1.72. The number of ether oxygens (including phenoxy) is 2. The molecule has 0 aromatic heterocycles. The molecular weight excluding hydrogens is 341 g/mol. The predicted molar refractivity (Wildman–Crippen MR) is 81.6 cm³/mol. The summed E-state index contributed by atoms with van der Waals surface area (Å²) >= 11 is 3.04. The van der Waals surface area contributed by atoms with Gasteiger partial charge in [-0.05, 0) is 34.1 Å². The van der Waals surface area contributed by atoms with Crippen LogP contribution in [0.2, 0.25) is 0 Å². The molecule has 0 radical (unpaired) electrons. The van der Waals surface area contributed by atoms with Gasteiger partial charge in [0, 0.05) is 29.4 Å². The number of hydrogen-bond acceptors (Lipinski definition) is 3. The summed E-state index contributed by atoms with van der Waals surface area (Å²) in [7, 11) is 3.04. The first-order valence-electron chi connectivity index (χ1n) is 6.03. The number of carbonyl (C=O) groups is 1. The Morgan fingerprint density at radius 2 is 1.71 bits per heavy atom. The van der Waals surface area contributed by atoms with E-state index >= 15 is 0 Å². The van der Waals surface area contributed by atoms with Gasteiger partial charge in [0.15, 0.2) is 0 Å². The van der Waals surface area contributed by atoms with Gasteiger partial charge in [0.25, 0.3) is 5.91 Å². The number of anilines is 1. The molecule has 0 aliphatic rings. The number of nitrogens with one attached hydrogen (secondary N) is 1. The number of halogens is 2. The number of rotatable bonds is 4. The number of carbonyl (C=O) groups excluding carboxylic acids is 1. The highest BCUT2D eigenvalue weighted by Gasteiger charge is 2.10. The van der Waals surface area contributed by atoms with E-state index in [4.69, 9.17) is 9.47 Å². The molecule has 0 fully saturated rings. The average Bonchev–Trinajstić information content (AvgIpc) is 2.49.